The molecule has 1 unspecified atom stereocenters. The fourth-order valence-corrected chi connectivity index (χ4v) is 4.51. The molecule has 0 aliphatic rings. The molecule has 0 amide bonds. The van der Waals surface area contributed by atoms with Crippen LogP contribution < -0.4 is 4.62 Å². The minimum absolute atomic E-state index is 0. The minimum atomic E-state index is 0. The highest BCUT2D eigenvalue weighted by Gasteiger charge is 2.06. The number of ether oxygens (including phenoxy) is 2. The summed E-state index contributed by atoms with van der Waals surface area (Å²) in [6, 6.07) is 4.42. The first kappa shape index (κ1) is 22.8. The van der Waals surface area contributed by atoms with Crippen LogP contribution in [-0.4, -0.2) is 25.7 Å². The molecule has 0 saturated heterocycles. The maximum absolute atomic E-state index is 5.56. The summed E-state index contributed by atoms with van der Waals surface area (Å²) in [6.45, 7) is 5.55. The molecule has 0 fully saturated rings. The quantitative estimate of drug-likeness (QED) is 0.152. The van der Waals surface area contributed by atoms with Crippen molar-refractivity contribution in [3.63, 3.8) is 0 Å². The lowest BCUT2D eigenvalue weighted by atomic mass is 10.1. The van der Waals surface area contributed by atoms with Gasteiger partial charge in [-0.25, -0.2) is 0 Å². The molecule has 0 radical (unpaired) electrons. The first-order valence-corrected chi connectivity index (χ1v) is 10.5. The molecule has 0 spiro atoms. The number of hydrogen-bond acceptors (Lipinski definition) is 3. The smallest absolute Gasteiger partial charge is 0.157 e. The molecule has 0 aromatic carbocycles. The van der Waals surface area contributed by atoms with Crippen molar-refractivity contribution in [3.05, 3.63) is 17.5 Å². The Bertz CT molecular complexity index is 316. The third-order valence-electron chi connectivity index (χ3n) is 3.39. The Morgan fingerprint density at radius 3 is 2.23 bits per heavy atom. The molecule has 1 aromatic heterocycles. The topological polar surface area (TPSA) is 18.5 Å². The molecule has 2 nitrogen and oxygen atoms in total. The van der Waals surface area contributed by atoms with Crippen molar-refractivity contribution in [1.29, 1.82) is 0 Å². The fraction of sp³-hybridized carbons (Fsp3) is 0.765. The van der Waals surface area contributed by atoms with E-state index in [2.05, 4.69) is 17.5 Å². The van der Waals surface area contributed by atoms with E-state index in [0.717, 1.165) is 28.2 Å². The van der Waals surface area contributed by atoms with Crippen LogP contribution in [0.2, 0.25) is 0 Å². The summed E-state index contributed by atoms with van der Waals surface area (Å²) in [7, 11) is 1.02. The number of thiophene rings is 1. The molecule has 1 heterocycles. The highest BCUT2D eigenvalue weighted by atomic mass is 127. The maximum Gasteiger partial charge on any atom is 0.157 e. The van der Waals surface area contributed by atoms with E-state index in [0.29, 0.717) is 0 Å². The Morgan fingerprint density at radius 1 is 1.00 bits per heavy atom. The second-order valence-corrected chi connectivity index (χ2v) is 7.86. The molecule has 0 saturated carbocycles. The van der Waals surface area contributed by atoms with Gasteiger partial charge in [-0.3, -0.25) is 0 Å². The molecule has 1 rings (SSSR count). The Balaban J connectivity index is 0.00000441. The third kappa shape index (κ3) is 12.2. The van der Waals surface area contributed by atoms with Gasteiger partial charge in [0.15, 0.2) is 6.29 Å². The van der Waals surface area contributed by atoms with Crippen LogP contribution in [-0.2, 0) is 9.47 Å². The second kappa shape index (κ2) is 16.6. The van der Waals surface area contributed by atoms with Crippen molar-refractivity contribution < 1.29 is 9.47 Å². The van der Waals surface area contributed by atoms with E-state index in [9.17, 15) is 0 Å². The largest absolute Gasteiger partial charge is 0.353 e. The van der Waals surface area contributed by atoms with E-state index >= 15 is 0 Å². The SMILES string of the molecule is CCOC(CCCCCCCCPc1cccs1)OCC.I. The molecule has 130 valence electrons. The predicted molar refractivity (Wildman–Crippen MR) is 112 cm³/mol. The number of unbranched alkanes of at least 4 members (excludes halogenated alkanes) is 5. The van der Waals surface area contributed by atoms with Gasteiger partial charge >= 0.3 is 0 Å². The van der Waals surface area contributed by atoms with Crippen LogP contribution in [0.5, 0.6) is 0 Å². The van der Waals surface area contributed by atoms with Crippen LogP contribution >= 0.6 is 43.9 Å². The summed E-state index contributed by atoms with van der Waals surface area (Å²) in [5.74, 6) is 0. The minimum Gasteiger partial charge on any atom is -0.353 e. The van der Waals surface area contributed by atoms with Crippen LogP contribution in [0.15, 0.2) is 17.5 Å². The van der Waals surface area contributed by atoms with Crippen LogP contribution in [0.4, 0.5) is 0 Å². The van der Waals surface area contributed by atoms with Crippen molar-refractivity contribution in [2.24, 2.45) is 0 Å². The number of halogens is 1. The van der Waals surface area contributed by atoms with Crippen LogP contribution in [0.25, 0.3) is 0 Å². The monoisotopic (exact) mass is 458 g/mol. The van der Waals surface area contributed by atoms with E-state index in [1.807, 2.05) is 25.2 Å². The summed E-state index contributed by atoms with van der Waals surface area (Å²) >= 11 is 1.90. The molecule has 5 heteroatoms. The normalized spacial score (nSPS) is 11.4. The van der Waals surface area contributed by atoms with Gasteiger partial charge in [-0.1, -0.05) is 40.3 Å². The Kier molecular flexibility index (Phi) is 17.2. The molecule has 22 heavy (non-hydrogen) atoms. The Labute approximate surface area is 159 Å². The standard InChI is InChI=1S/C17H31O2PS.HI/c1-3-18-16(19-4-2)12-9-7-5-6-8-10-14-20-17-13-11-15-21-17;/h11,13,15-16,20H,3-10,12,14H2,1-2H3;1H. The van der Waals surface area contributed by atoms with E-state index in [-0.39, 0.29) is 30.3 Å². The van der Waals surface area contributed by atoms with Gasteiger partial charge in [-0.2, -0.15) is 0 Å². The molecule has 1 atom stereocenters. The van der Waals surface area contributed by atoms with E-state index in [1.54, 1.807) is 4.62 Å². The molecule has 0 bridgehead atoms. The summed E-state index contributed by atoms with van der Waals surface area (Å²) in [5, 5.41) is 2.18. The highest BCUT2D eigenvalue weighted by Crippen LogP contribution is 2.17. The zero-order valence-corrected chi connectivity index (χ0v) is 18.2. The molecule has 0 aliphatic carbocycles. The van der Waals surface area contributed by atoms with Gasteiger partial charge in [-0.15, -0.1) is 35.3 Å². The predicted octanol–water partition coefficient (Wildman–Crippen LogP) is 5.80. The zero-order valence-electron chi connectivity index (χ0n) is 14.0. The Hall–Kier alpha value is 0.780. The first-order valence-electron chi connectivity index (χ1n) is 8.37. The molecule has 0 aliphatic heterocycles. The number of rotatable bonds is 14. The van der Waals surface area contributed by atoms with Gasteiger partial charge in [0.2, 0.25) is 0 Å². The van der Waals surface area contributed by atoms with Gasteiger partial charge in [0.05, 0.1) is 0 Å². The van der Waals surface area contributed by atoms with Crippen molar-refractivity contribution >= 4 is 48.5 Å². The third-order valence-corrected chi connectivity index (χ3v) is 5.98. The van der Waals surface area contributed by atoms with Gasteiger partial charge in [0.1, 0.15) is 0 Å². The highest BCUT2D eigenvalue weighted by molar-refractivity contribution is 14.0. The second-order valence-electron chi connectivity index (χ2n) is 5.15. The molecule has 0 N–H and O–H groups in total. The van der Waals surface area contributed by atoms with E-state index < -0.39 is 0 Å². The lowest BCUT2D eigenvalue weighted by Crippen LogP contribution is -2.17. The number of hydrogen-bond donors (Lipinski definition) is 0. The Morgan fingerprint density at radius 2 is 1.64 bits per heavy atom. The van der Waals surface area contributed by atoms with Crippen molar-refractivity contribution in [2.45, 2.75) is 65.1 Å². The van der Waals surface area contributed by atoms with Gasteiger partial charge < -0.3 is 9.47 Å². The lowest BCUT2D eigenvalue weighted by Gasteiger charge is -2.16. The fourth-order valence-electron chi connectivity index (χ4n) is 2.32. The maximum atomic E-state index is 5.56. The summed E-state index contributed by atoms with van der Waals surface area (Å²) < 4.78 is 12.7. The van der Waals surface area contributed by atoms with Gasteiger partial charge in [0, 0.05) is 17.8 Å². The first-order chi connectivity index (χ1) is 10.4. The molecule has 1 aromatic rings. The van der Waals surface area contributed by atoms with E-state index in [1.165, 1.54) is 44.7 Å². The van der Waals surface area contributed by atoms with E-state index in [4.69, 9.17) is 9.47 Å². The average Bonchev–Trinajstić information content (AvgIpc) is 2.99. The molecular weight excluding hydrogens is 426 g/mol. The average molecular weight is 458 g/mol. The zero-order chi connectivity index (χ0) is 15.2. The van der Waals surface area contributed by atoms with Crippen molar-refractivity contribution in [1.82, 2.24) is 0 Å². The van der Waals surface area contributed by atoms with Crippen molar-refractivity contribution in [3.8, 4) is 0 Å². The van der Waals surface area contributed by atoms with Crippen LogP contribution in [0, 0.1) is 0 Å². The molecular formula is C17H32IO2PS. The summed E-state index contributed by atoms with van der Waals surface area (Å²) in [6.07, 6.45) is 10.5. The van der Waals surface area contributed by atoms with Crippen LogP contribution in [0.3, 0.4) is 0 Å². The van der Waals surface area contributed by atoms with Gasteiger partial charge in [-0.05, 0) is 50.7 Å². The van der Waals surface area contributed by atoms with Gasteiger partial charge in [0.25, 0.3) is 0 Å². The van der Waals surface area contributed by atoms with Crippen LogP contribution in [0.1, 0.15) is 58.8 Å². The summed E-state index contributed by atoms with van der Waals surface area (Å²) in [4.78, 5) is 0. The van der Waals surface area contributed by atoms with Crippen molar-refractivity contribution in [2.75, 3.05) is 19.4 Å². The lowest BCUT2D eigenvalue weighted by molar-refractivity contribution is -0.140. The summed E-state index contributed by atoms with van der Waals surface area (Å²) in [5.41, 5.74) is 0.